The van der Waals surface area contributed by atoms with Crippen molar-refractivity contribution in [1.82, 2.24) is 9.78 Å². The van der Waals surface area contributed by atoms with Crippen LogP contribution in [0.1, 0.15) is 12.5 Å². The number of halogens is 1. The summed E-state index contributed by atoms with van der Waals surface area (Å²) in [6.07, 6.45) is 0.947. The number of hydrogen-bond acceptors (Lipinski definition) is 4. The summed E-state index contributed by atoms with van der Waals surface area (Å²) in [6.45, 7) is 1.88. The van der Waals surface area contributed by atoms with E-state index in [0.29, 0.717) is 22.2 Å². The number of nitrogens with one attached hydrogen (secondary N) is 1. The monoisotopic (exact) mass is 397 g/mol. The molecule has 1 amide bonds. The number of methoxy groups -OCH3 is 1. The fourth-order valence-electron chi connectivity index (χ4n) is 2.71. The second-order valence-corrected chi connectivity index (χ2v) is 6.57. The van der Waals surface area contributed by atoms with Crippen LogP contribution in [0.4, 0.5) is 5.69 Å². The van der Waals surface area contributed by atoms with Gasteiger partial charge in [-0.2, -0.15) is 5.10 Å². The van der Waals surface area contributed by atoms with Gasteiger partial charge in [0, 0.05) is 17.3 Å². The lowest BCUT2D eigenvalue weighted by molar-refractivity contribution is -0.117. The lowest BCUT2D eigenvalue weighted by atomic mass is 10.1. The Bertz CT molecular complexity index is 1050. The van der Waals surface area contributed by atoms with Gasteiger partial charge in [-0.05, 0) is 36.2 Å². The molecule has 0 aliphatic carbocycles. The summed E-state index contributed by atoms with van der Waals surface area (Å²) >= 11 is 6.06. The second kappa shape index (κ2) is 8.71. The molecule has 0 atom stereocenters. The molecule has 6 nitrogen and oxygen atoms in total. The Morgan fingerprint density at radius 3 is 2.54 bits per heavy atom. The molecule has 0 unspecified atom stereocenters. The fourth-order valence-corrected chi connectivity index (χ4v) is 2.97. The molecule has 0 aliphatic heterocycles. The quantitative estimate of drug-likeness (QED) is 0.687. The molecule has 0 fully saturated rings. The standard InChI is InChI=1S/C21H20ClN3O3/c1-3-14-4-6-15(7-5-14)18-9-11-21(27)25(24-18)13-20(26)23-16-8-10-19(28-2)17(22)12-16/h4-12H,3,13H2,1-2H3,(H,23,26). The van der Waals surface area contributed by atoms with Gasteiger partial charge in [0.1, 0.15) is 12.3 Å². The highest BCUT2D eigenvalue weighted by molar-refractivity contribution is 6.32. The first kappa shape index (κ1) is 19.6. The summed E-state index contributed by atoms with van der Waals surface area (Å²) in [5.41, 5.74) is 2.89. The predicted molar refractivity (Wildman–Crippen MR) is 110 cm³/mol. The van der Waals surface area contributed by atoms with Crippen molar-refractivity contribution < 1.29 is 9.53 Å². The highest BCUT2D eigenvalue weighted by atomic mass is 35.5. The Labute approximate surface area is 167 Å². The molecule has 144 valence electrons. The van der Waals surface area contributed by atoms with E-state index in [-0.39, 0.29) is 18.0 Å². The summed E-state index contributed by atoms with van der Waals surface area (Å²) in [6, 6.07) is 15.9. The highest BCUT2D eigenvalue weighted by Gasteiger charge is 2.10. The number of amides is 1. The molecule has 0 spiro atoms. The van der Waals surface area contributed by atoms with Crippen molar-refractivity contribution in [3.8, 4) is 17.0 Å². The molecule has 1 N–H and O–H groups in total. The molecule has 0 saturated heterocycles. The maximum Gasteiger partial charge on any atom is 0.267 e. The topological polar surface area (TPSA) is 73.2 Å². The van der Waals surface area contributed by atoms with E-state index in [9.17, 15) is 9.59 Å². The van der Waals surface area contributed by atoms with Crippen LogP contribution in [0.25, 0.3) is 11.3 Å². The van der Waals surface area contributed by atoms with Gasteiger partial charge in [0.15, 0.2) is 0 Å². The van der Waals surface area contributed by atoms with E-state index in [2.05, 4.69) is 17.3 Å². The van der Waals surface area contributed by atoms with Gasteiger partial charge < -0.3 is 10.1 Å². The van der Waals surface area contributed by atoms with Crippen molar-refractivity contribution >= 4 is 23.2 Å². The van der Waals surface area contributed by atoms with Gasteiger partial charge >= 0.3 is 0 Å². The maximum absolute atomic E-state index is 12.3. The molecule has 0 saturated carbocycles. The largest absolute Gasteiger partial charge is 0.495 e. The van der Waals surface area contributed by atoms with Crippen LogP contribution >= 0.6 is 11.6 Å². The number of aromatic nitrogens is 2. The van der Waals surface area contributed by atoms with E-state index in [1.165, 1.54) is 18.7 Å². The summed E-state index contributed by atoms with van der Waals surface area (Å²) < 4.78 is 6.23. The number of hydrogen-bond donors (Lipinski definition) is 1. The molecule has 1 heterocycles. The third kappa shape index (κ3) is 4.58. The zero-order chi connectivity index (χ0) is 20.1. The Morgan fingerprint density at radius 1 is 1.14 bits per heavy atom. The van der Waals surface area contributed by atoms with Crippen molar-refractivity contribution in [1.29, 1.82) is 0 Å². The number of aryl methyl sites for hydroxylation is 1. The normalized spacial score (nSPS) is 10.5. The second-order valence-electron chi connectivity index (χ2n) is 6.16. The molecule has 7 heteroatoms. The van der Waals surface area contributed by atoms with Crippen molar-refractivity contribution in [3.63, 3.8) is 0 Å². The predicted octanol–water partition coefficient (Wildman–Crippen LogP) is 3.77. The average Bonchev–Trinajstić information content (AvgIpc) is 2.70. The van der Waals surface area contributed by atoms with Crippen LogP contribution in [0.3, 0.4) is 0 Å². The number of carbonyl (C=O) groups excluding carboxylic acids is 1. The highest BCUT2D eigenvalue weighted by Crippen LogP contribution is 2.27. The fraction of sp³-hybridized carbons (Fsp3) is 0.190. The van der Waals surface area contributed by atoms with Gasteiger partial charge in [-0.25, -0.2) is 4.68 Å². The minimum Gasteiger partial charge on any atom is -0.495 e. The van der Waals surface area contributed by atoms with E-state index in [1.54, 1.807) is 24.3 Å². The third-order valence-corrected chi connectivity index (χ3v) is 4.55. The van der Waals surface area contributed by atoms with Gasteiger partial charge in [0.05, 0.1) is 17.8 Å². The SMILES string of the molecule is CCc1ccc(-c2ccc(=O)n(CC(=O)Nc3ccc(OC)c(Cl)c3)n2)cc1. The number of nitrogens with zero attached hydrogens (tertiary/aromatic N) is 2. The Hall–Kier alpha value is -3.12. The average molecular weight is 398 g/mol. The van der Waals surface area contributed by atoms with E-state index in [1.807, 2.05) is 24.3 Å². The van der Waals surface area contributed by atoms with Crippen molar-refractivity contribution in [2.45, 2.75) is 19.9 Å². The number of benzene rings is 2. The van der Waals surface area contributed by atoms with Crippen LogP contribution < -0.4 is 15.6 Å². The van der Waals surface area contributed by atoms with Gasteiger partial charge in [0.2, 0.25) is 5.91 Å². The van der Waals surface area contributed by atoms with Gasteiger partial charge in [-0.3, -0.25) is 9.59 Å². The van der Waals surface area contributed by atoms with Crippen molar-refractivity contribution in [3.05, 3.63) is 75.5 Å². The summed E-state index contributed by atoms with van der Waals surface area (Å²) in [4.78, 5) is 24.5. The molecular weight excluding hydrogens is 378 g/mol. The Kier molecular flexibility index (Phi) is 6.11. The zero-order valence-corrected chi connectivity index (χ0v) is 16.4. The van der Waals surface area contributed by atoms with Gasteiger partial charge in [-0.15, -0.1) is 0 Å². The molecule has 28 heavy (non-hydrogen) atoms. The summed E-state index contributed by atoms with van der Waals surface area (Å²) in [5, 5.41) is 7.41. The Morgan fingerprint density at radius 2 is 1.89 bits per heavy atom. The molecule has 1 aromatic heterocycles. The van der Waals surface area contributed by atoms with Gasteiger partial charge in [0.25, 0.3) is 5.56 Å². The molecule has 3 aromatic rings. The Balaban J connectivity index is 1.76. The van der Waals surface area contributed by atoms with Crippen LogP contribution in [0, 0.1) is 0 Å². The molecule has 0 bridgehead atoms. The van der Waals surface area contributed by atoms with Crippen molar-refractivity contribution in [2.24, 2.45) is 0 Å². The molecule has 2 aromatic carbocycles. The maximum atomic E-state index is 12.3. The third-order valence-electron chi connectivity index (χ3n) is 4.25. The van der Waals surface area contributed by atoms with Crippen LogP contribution in [-0.2, 0) is 17.8 Å². The minimum atomic E-state index is -0.380. The lowest BCUT2D eigenvalue weighted by Gasteiger charge is -2.10. The molecule has 0 aliphatic rings. The molecule has 3 rings (SSSR count). The molecule has 0 radical (unpaired) electrons. The van der Waals surface area contributed by atoms with Crippen LogP contribution in [0.5, 0.6) is 5.75 Å². The summed E-state index contributed by atoms with van der Waals surface area (Å²) in [5.74, 6) is 0.133. The van der Waals surface area contributed by atoms with Crippen LogP contribution in [-0.4, -0.2) is 22.8 Å². The smallest absolute Gasteiger partial charge is 0.267 e. The van der Waals surface area contributed by atoms with Crippen molar-refractivity contribution in [2.75, 3.05) is 12.4 Å². The van der Waals surface area contributed by atoms with E-state index >= 15 is 0 Å². The minimum absolute atomic E-state index is 0.205. The first-order chi connectivity index (χ1) is 13.5. The van der Waals surface area contributed by atoms with E-state index in [4.69, 9.17) is 16.3 Å². The first-order valence-corrected chi connectivity index (χ1v) is 9.19. The van der Waals surface area contributed by atoms with Gasteiger partial charge in [-0.1, -0.05) is 42.8 Å². The van der Waals surface area contributed by atoms with Crippen LogP contribution in [0.2, 0.25) is 5.02 Å². The lowest BCUT2D eigenvalue weighted by Crippen LogP contribution is -2.29. The number of rotatable bonds is 6. The zero-order valence-electron chi connectivity index (χ0n) is 15.6. The summed E-state index contributed by atoms with van der Waals surface area (Å²) in [7, 11) is 1.51. The first-order valence-electron chi connectivity index (χ1n) is 8.81. The molecular formula is C21H20ClN3O3. The number of anilines is 1. The van der Waals surface area contributed by atoms with E-state index < -0.39 is 0 Å². The van der Waals surface area contributed by atoms with Crippen LogP contribution in [0.15, 0.2) is 59.4 Å². The number of carbonyl (C=O) groups is 1. The number of ether oxygens (including phenoxy) is 1. The van der Waals surface area contributed by atoms with E-state index in [0.717, 1.165) is 16.7 Å².